The first-order chi connectivity index (χ1) is 16.6. The molecule has 1 atom stereocenters. The van der Waals surface area contributed by atoms with Crippen molar-refractivity contribution in [2.45, 2.75) is 57.9 Å². The number of nitrogens with one attached hydrogen (secondary N) is 1. The Morgan fingerprint density at radius 3 is 2.26 bits per heavy atom. The summed E-state index contributed by atoms with van der Waals surface area (Å²) in [6.07, 6.45) is 1.88. The van der Waals surface area contributed by atoms with E-state index in [-0.39, 0.29) is 25.0 Å². The summed E-state index contributed by atoms with van der Waals surface area (Å²) < 4.78 is 5.57. The molecule has 35 heavy (non-hydrogen) atoms. The van der Waals surface area contributed by atoms with Gasteiger partial charge in [-0.2, -0.15) is 0 Å². The molecular formula is C28H34N2O5. The summed E-state index contributed by atoms with van der Waals surface area (Å²) in [6, 6.07) is 16.3. The van der Waals surface area contributed by atoms with Gasteiger partial charge in [-0.3, -0.25) is 4.79 Å². The number of hydrogen-bond acceptors (Lipinski definition) is 4. The summed E-state index contributed by atoms with van der Waals surface area (Å²) >= 11 is 0. The van der Waals surface area contributed by atoms with Gasteiger partial charge in [0.25, 0.3) is 0 Å². The number of likely N-dealkylation sites (tertiary alicyclic amines) is 1. The molecule has 0 spiro atoms. The zero-order valence-electron chi connectivity index (χ0n) is 20.7. The van der Waals surface area contributed by atoms with E-state index in [1.54, 1.807) is 20.8 Å². The molecule has 2 amide bonds. The molecule has 0 radical (unpaired) electrons. The van der Waals surface area contributed by atoms with Crippen molar-refractivity contribution in [3.63, 3.8) is 0 Å². The number of carboxylic acids is 1. The lowest BCUT2D eigenvalue weighted by molar-refractivity contribution is -0.165. The van der Waals surface area contributed by atoms with E-state index in [4.69, 9.17) is 4.74 Å². The molecule has 0 bridgehead atoms. The lowest BCUT2D eigenvalue weighted by atomic mass is 9.82. The summed E-state index contributed by atoms with van der Waals surface area (Å²) in [5.74, 6) is -1.19. The van der Waals surface area contributed by atoms with Crippen molar-refractivity contribution in [2.75, 3.05) is 19.7 Å². The number of alkyl carbamates (subject to hydrolysis) is 1. The number of nitrogens with zero attached hydrogens (tertiary/aromatic N) is 1. The number of benzene rings is 2. The van der Waals surface area contributed by atoms with Gasteiger partial charge in [-0.05, 0) is 54.9 Å². The number of piperidine rings is 1. The highest BCUT2D eigenvalue weighted by molar-refractivity contribution is 5.89. The van der Waals surface area contributed by atoms with Crippen LogP contribution in [0.1, 0.15) is 63.5 Å². The van der Waals surface area contributed by atoms with Crippen LogP contribution in [0.4, 0.5) is 4.79 Å². The summed E-state index contributed by atoms with van der Waals surface area (Å²) in [7, 11) is 0. The maximum Gasteiger partial charge on any atom is 0.407 e. The van der Waals surface area contributed by atoms with Crippen LogP contribution in [0.15, 0.2) is 48.5 Å². The molecule has 1 fully saturated rings. The molecule has 4 rings (SSSR count). The second kappa shape index (κ2) is 9.72. The summed E-state index contributed by atoms with van der Waals surface area (Å²) in [5, 5.41) is 12.5. The quantitative estimate of drug-likeness (QED) is 0.596. The first-order valence-corrected chi connectivity index (χ1v) is 12.3. The monoisotopic (exact) mass is 478 g/mol. The Bertz CT molecular complexity index is 1080. The Kier molecular flexibility index (Phi) is 6.88. The smallest absolute Gasteiger partial charge is 0.407 e. The molecule has 1 heterocycles. The standard InChI is InChI=1S/C28H34N2O5/c1-27(2,24(31)30-17-9-8-14-28(30,3)25(32)33)15-16-29-26(34)35-18-23-21-12-6-4-10-19(21)20-11-5-7-13-22(20)23/h4-7,10-13,23H,8-9,14-18H2,1-3H3,(H,29,34)(H,32,33). The van der Waals surface area contributed by atoms with E-state index in [9.17, 15) is 19.5 Å². The van der Waals surface area contributed by atoms with Gasteiger partial charge >= 0.3 is 12.1 Å². The van der Waals surface area contributed by atoms with Gasteiger partial charge in [-0.1, -0.05) is 62.4 Å². The SMILES string of the molecule is CC(C)(CCNC(=O)OCC1c2ccccc2-c2ccccc21)C(=O)N1CCCCC1(C)C(=O)O. The first kappa shape index (κ1) is 24.8. The molecule has 2 aromatic carbocycles. The summed E-state index contributed by atoms with van der Waals surface area (Å²) in [6.45, 7) is 6.14. The van der Waals surface area contributed by atoms with Crippen LogP contribution in [-0.2, 0) is 14.3 Å². The van der Waals surface area contributed by atoms with E-state index in [1.165, 1.54) is 16.0 Å². The largest absolute Gasteiger partial charge is 0.480 e. The molecule has 2 aromatic rings. The normalized spacial score (nSPS) is 19.6. The second-order valence-electron chi connectivity index (χ2n) is 10.4. The van der Waals surface area contributed by atoms with Gasteiger partial charge in [0.05, 0.1) is 0 Å². The van der Waals surface area contributed by atoms with Gasteiger partial charge in [-0.25, -0.2) is 9.59 Å². The topological polar surface area (TPSA) is 95.9 Å². The number of carboxylic acid groups (broad SMARTS) is 1. The average molecular weight is 479 g/mol. The number of rotatable bonds is 7. The summed E-state index contributed by atoms with van der Waals surface area (Å²) in [5.41, 5.74) is 2.64. The maximum absolute atomic E-state index is 13.3. The lowest BCUT2D eigenvalue weighted by Gasteiger charge is -2.45. The van der Waals surface area contributed by atoms with Crippen LogP contribution < -0.4 is 5.32 Å². The van der Waals surface area contributed by atoms with Crippen LogP contribution in [0.2, 0.25) is 0 Å². The van der Waals surface area contributed by atoms with E-state index in [0.29, 0.717) is 19.4 Å². The Morgan fingerprint density at radius 2 is 1.66 bits per heavy atom. The number of amides is 2. The van der Waals surface area contributed by atoms with Crippen LogP contribution in [-0.4, -0.2) is 53.2 Å². The predicted molar refractivity (Wildman–Crippen MR) is 133 cm³/mol. The molecule has 2 N–H and O–H groups in total. The van der Waals surface area contributed by atoms with Crippen LogP contribution in [0, 0.1) is 5.41 Å². The van der Waals surface area contributed by atoms with Gasteiger partial charge < -0.3 is 20.1 Å². The third kappa shape index (κ3) is 4.77. The van der Waals surface area contributed by atoms with Gasteiger partial charge in [0.2, 0.25) is 5.91 Å². The number of hydrogen-bond donors (Lipinski definition) is 2. The molecular weight excluding hydrogens is 444 g/mol. The van der Waals surface area contributed by atoms with Crippen molar-refractivity contribution in [1.29, 1.82) is 0 Å². The number of fused-ring (bicyclic) bond motifs is 3. The van der Waals surface area contributed by atoms with E-state index in [1.807, 2.05) is 24.3 Å². The Morgan fingerprint density at radius 1 is 1.06 bits per heavy atom. The third-order valence-electron chi connectivity index (χ3n) is 7.54. The molecule has 186 valence electrons. The zero-order chi connectivity index (χ0) is 25.2. The van der Waals surface area contributed by atoms with Crippen LogP contribution in [0.25, 0.3) is 11.1 Å². The molecule has 1 aliphatic carbocycles. The summed E-state index contributed by atoms with van der Waals surface area (Å²) in [4.78, 5) is 39.1. The van der Waals surface area contributed by atoms with Crippen molar-refractivity contribution in [2.24, 2.45) is 5.41 Å². The highest BCUT2D eigenvalue weighted by atomic mass is 16.5. The van der Waals surface area contributed by atoms with Crippen molar-refractivity contribution in [3.8, 4) is 11.1 Å². The van der Waals surface area contributed by atoms with E-state index in [2.05, 4.69) is 29.6 Å². The number of carbonyl (C=O) groups excluding carboxylic acids is 2. The Balaban J connectivity index is 1.32. The van der Waals surface area contributed by atoms with Crippen LogP contribution in [0.3, 0.4) is 0 Å². The molecule has 0 aromatic heterocycles. The molecule has 7 heteroatoms. The molecule has 0 saturated carbocycles. The molecule has 1 aliphatic heterocycles. The number of ether oxygens (including phenoxy) is 1. The third-order valence-corrected chi connectivity index (χ3v) is 7.54. The van der Waals surface area contributed by atoms with Crippen molar-refractivity contribution in [1.82, 2.24) is 10.2 Å². The van der Waals surface area contributed by atoms with Crippen molar-refractivity contribution >= 4 is 18.0 Å². The fraction of sp³-hybridized carbons (Fsp3) is 0.464. The van der Waals surface area contributed by atoms with E-state index >= 15 is 0 Å². The van der Waals surface area contributed by atoms with Gasteiger partial charge in [-0.15, -0.1) is 0 Å². The zero-order valence-corrected chi connectivity index (χ0v) is 20.7. The van der Waals surface area contributed by atoms with Gasteiger partial charge in [0.15, 0.2) is 0 Å². The second-order valence-corrected chi connectivity index (χ2v) is 10.4. The van der Waals surface area contributed by atoms with Gasteiger partial charge in [0.1, 0.15) is 12.1 Å². The van der Waals surface area contributed by atoms with Crippen LogP contribution >= 0.6 is 0 Å². The minimum absolute atomic E-state index is 0.0148. The lowest BCUT2D eigenvalue weighted by Crippen LogP contribution is -2.60. The molecule has 7 nitrogen and oxygen atoms in total. The predicted octanol–water partition coefficient (Wildman–Crippen LogP) is 4.80. The van der Waals surface area contributed by atoms with E-state index in [0.717, 1.165) is 24.0 Å². The Labute approximate surface area is 206 Å². The Hall–Kier alpha value is -3.35. The molecule has 2 aliphatic rings. The molecule has 1 unspecified atom stereocenters. The van der Waals surface area contributed by atoms with Crippen molar-refractivity contribution in [3.05, 3.63) is 59.7 Å². The van der Waals surface area contributed by atoms with Crippen molar-refractivity contribution < 1.29 is 24.2 Å². The number of carbonyl (C=O) groups is 3. The van der Waals surface area contributed by atoms with Crippen LogP contribution in [0.5, 0.6) is 0 Å². The highest BCUT2D eigenvalue weighted by Crippen LogP contribution is 2.44. The van der Waals surface area contributed by atoms with Gasteiger partial charge in [0, 0.05) is 24.4 Å². The number of aliphatic carboxylic acids is 1. The minimum Gasteiger partial charge on any atom is -0.480 e. The average Bonchev–Trinajstić information content (AvgIpc) is 3.16. The van der Waals surface area contributed by atoms with E-state index < -0.39 is 23.0 Å². The maximum atomic E-state index is 13.3. The molecule has 1 saturated heterocycles. The highest BCUT2D eigenvalue weighted by Gasteiger charge is 2.47. The first-order valence-electron chi connectivity index (χ1n) is 12.3. The minimum atomic E-state index is -1.19. The fourth-order valence-corrected chi connectivity index (χ4v) is 5.27. The fourth-order valence-electron chi connectivity index (χ4n) is 5.27.